The fourth-order valence-corrected chi connectivity index (χ4v) is 6.64. The molecule has 0 fully saturated rings. The number of aromatic nitrogens is 2. The Morgan fingerprint density at radius 2 is 1.90 bits per heavy atom. The van der Waals surface area contributed by atoms with E-state index in [-0.39, 0.29) is 5.75 Å². The second-order valence-corrected chi connectivity index (χ2v) is 12.7. The summed E-state index contributed by atoms with van der Waals surface area (Å²) in [6.07, 6.45) is 11.8. The predicted octanol–water partition coefficient (Wildman–Crippen LogP) is 10.4. The van der Waals surface area contributed by atoms with E-state index in [2.05, 4.69) is 73.9 Å². The third-order valence-corrected chi connectivity index (χ3v) is 9.45. The van der Waals surface area contributed by atoms with Gasteiger partial charge in [-0.05, 0) is 86.6 Å². The van der Waals surface area contributed by atoms with Crippen LogP contribution in [-0.4, -0.2) is 21.6 Å². The number of benzene rings is 1. The number of carbonyl (C=O) groups excluding carboxylic acids is 1. The number of hydrogen-bond donors (Lipinski definition) is 0. The van der Waals surface area contributed by atoms with Gasteiger partial charge in [-0.15, -0.1) is 28.0 Å². The lowest BCUT2D eigenvalue weighted by Crippen LogP contribution is -2.03. The van der Waals surface area contributed by atoms with Crippen LogP contribution in [0.25, 0.3) is 27.0 Å². The fourth-order valence-electron chi connectivity index (χ4n) is 4.94. The van der Waals surface area contributed by atoms with Crippen molar-refractivity contribution >= 4 is 45.5 Å². The number of aryl methyl sites for hydroxylation is 2. The average Bonchev–Trinajstić information content (AvgIpc) is 3.32. The first-order valence-corrected chi connectivity index (χ1v) is 16.0. The molecule has 7 heteroatoms. The number of rotatable bonds is 14. The van der Waals surface area contributed by atoms with E-state index in [4.69, 9.17) is 4.98 Å². The Morgan fingerprint density at radius 3 is 2.56 bits per heavy atom. The van der Waals surface area contributed by atoms with Crippen molar-refractivity contribution in [3.63, 3.8) is 0 Å². The molecule has 3 rings (SSSR count). The molecule has 0 saturated carbocycles. The van der Waals surface area contributed by atoms with Gasteiger partial charge >= 0.3 is 0 Å². The number of hydrogen-bond acceptors (Lipinski definition) is 6. The van der Waals surface area contributed by atoms with Gasteiger partial charge in [0, 0.05) is 15.5 Å². The number of thiazole rings is 1. The Morgan fingerprint density at radius 1 is 1.12 bits per heavy atom. The van der Waals surface area contributed by atoms with Gasteiger partial charge in [-0.1, -0.05) is 70.4 Å². The lowest BCUT2D eigenvalue weighted by Gasteiger charge is -2.19. The molecule has 1 amide bonds. The fraction of sp³-hybridized carbons (Fsp3) is 0.382. The van der Waals surface area contributed by atoms with E-state index in [0.29, 0.717) is 5.92 Å². The zero-order chi connectivity index (χ0) is 29.9. The molecular weight excluding hydrogens is 547 g/mol. The summed E-state index contributed by atoms with van der Waals surface area (Å²) in [6, 6.07) is 10.7. The van der Waals surface area contributed by atoms with Crippen LogP contribution in [0.5, 0.6) is 0 Å². The molecule has 0 saturated heterocycles. The lowest BCUT2D eigenvalue weighted by atomic mass is 9.87. The number of thioether (sulfide) groups is 1. The maximum Gasteiger partial charge on any atom is 0.296 e. The minimum Gasteiger partial charge on any atom is -0.268 e. The third kappa shape index (κ3) is 8.91. The maximum atomic E-state index is 11.6. The third-order valence-electron chi connectivity index (χ3n) is 7.20. The number of pyridine rings is 1. The molecule has 0 N–H and O–H groups in total. The van der Waals surface area contributed by atoms with Crippen LogP contribution in [0.1, 0.15) is 76.1 Å². The van der Waals surface area contributed by atoms with Crippen molar-refractivity contribution in [2.45, 2.75) is 73.6 Å². The van der Waals surface area contributed by atoms with Gasteiger partial charge in [-0.2, -0.15) is 0 Å². The number of carbonyl (C=O) groups is 1. The molecule has 1 aromatic carbocycles. The summed E-state index contributed by atoms with van der Waals surface area (Å²) in [5, 5.41) is 4.69. The monoisotopic (exact) mass is 587 g/mol. The van der Waals surface area contributed by atoms with E-state index in [0.717, 1.165) is 49.1 Å². The van der Waals surface area contributed by atoms with E-state index in [1.165, 1.54) is 54.2 Å². The Labute approximate surface area is 252 Å². The summed E-state index contributed by atoms with van der Waals surface area (Å²) in [7, 11) is 0. The molecule has 5 nitrogen and oxygen atoms in total. The molecule has 0 bridgehead atoms. The van der Waals surface area contributed by atoms with Crippen molar-refractivity contribution in [3.8, 4) is 10.6 Å². The van der Waals surface area contributed by atoms with Gasteiger partial charge in [0.05, 0.1) is 32.5 Å². The Hall–Kier alpha value is -3.16. The maximum absolute atomic E-state index is 11.6. The summed E-state index contributed by atoms with van der Waals surface area (Å²) in [6.45, 7) is 16.7. The van der Waals surface area contributed by atoms with Gasteiger partial charge in [0.15, 0.2) is 0 Å². The normalized spacial score (nSPS) is 13.7. The van der Waals surface area contributed by atoms with E-state index in [1.54, 1.807) is 17.4 Å². The van der Waals surface area contributed by atoms with Crippen LogP contribution >= 0.6 is 23.1 Å². The summed E-state index contributed by atoms with van der Waals surface area (Å²) >= 11 is 3.00. The first-order chi connectivity index (χ1) is 19.7. The van der Waals surface area contributed by atoms with Gasteiger partial charge in [0.1, 0.15) is 0 Å². The van der Waals surface area contributed by atoms with Crippen LogP contribution in [0.4, 0.5) is 0 Å². The topological polar surface area (TPSA) is 72.3 Å². The van der Waals surface area contributed by atoms with Crippen LogP contribution in [0.15, 0.2) is 76.4 Å². The summed E-state index contributed by atoms with van der Waals surface area (Å²) < 4.78 is 0. The second kappa shape index (κ2) is 15.7. The largest absolute Gasteiger partial charge is 0.296 e. The number of fused-ring (bicyclic) bond motifs is 1. The molecule has 0 radical (unpaired) electrons. The Balaban J connectivity index is 2.03. The lowest BCUT2D eigenvalue weighted by molar-refractivity contribution is -0.115. The number of unbranched alkanes of at least 4 members (excludes halogenated alkanes) is 3. The molecular formula is C34H41N3O2S2. The number of nitrogens with zero attached hydrogens (tertiary/aromatic N) is 3. The standard InChI is InChI=1S/C34H41N3O2S2/c1-8-10-11-12-14-22(3)29(19-23(4)32(13-9-2)40-21-33(38)37-39)24(5)27-15-17-30-28(20-27)16-18-31(36-30)34-25(6)35-26(7)41-34/h9,13,15-20,22H,2,8,10-12,14,21H2,1,3-7H3/b23-19+,29-24-,32-13-. The molecule has 41 heavy (non-hydrogen) atoms. The van der Waals surface area contributed by atoms with Crippen molar-refractivity contribution in [1.29, 1.82) is 0 Å². The molecule has 0 aliphatic heterocycles. The van der Waals surface area contributed by atoms with Gasteiger partial charge < -0.3 is 0 Å². The highest BCUT2D eigenvalue weighted by Crippen LogP contribution is 2.34. The van der Waals surface area contributed by atoms with Crippen LogP contribution in [0, 0.1) is 24.7 Å². The molecule has 0 aliphatic rings. The Bertz CT molecular complexity index is 1500. The van der Waals surface area contributed by atoms with Crippen molar-refractivity contribution in [2.75, 3.05) is 5.75 Å². The highest BCUT2D eigenvalue weighted by atomic mass is 32.2. The predicted molar refractivity (Wildman–Crippen MR) is 178 cm³/mol. The number of allylic oxidation sites excluding steroid dienone is 6. The number of nitroso groups, excluding NO2 is 1. The van der Waals surface area contributed by atoms with E-state index in [1.807, 2.05) is 26.8 Å². The number of amides is 1. The van der Waals surface area contributed by atoms with Crippen LogP contribution in [0.3, 0.4) is 0 Å². The zero-order valence-electron chi connectivity index (χ0n) is 25.1. The van der Waals surface area contributed by atoms with Gasteiger partial charge in [0.2, 0.25) is 0 Å². The molecule has 2 aromatic heterocycles. The van der Waals surface area contributed by atoms with Crippen LogP contribution in [-0.2, 0) is 4.79 Å². The molecule has 0 spiro atoms. The zero-order valence-corrected chi connectivity index (χ0v) is 26.8. The first kappa shape index (κ1) is 32.4. The van der Waals surface area contributed by atoms with Crippen molar-refractivity contribution < 1.29 is 4.79 Å². The average molecular weight is 588 g/mol. The van der Waals surface area contributed by atoms with Gasteiger partial charge in [0.25, 0.3) is 5.91 Å². The molecule has 216 valence electrons. The van der Waals surface area contributed by atoms with E-state index >= 15 is 0 Å². The summed E-state index contributed by atoms with van der Waals surface area (Å²) in [5.74, 6) is -0.300. The van der Waals surface area contributed by atoms with Gasteiger partial charge in [-0.25, -0.2) is 9.97 Å². The minimum atomic E-state index is -0.664. The van der Waals surface area contributed by atoms with Crippen LogP contribution < -0.4 is 0 Å². The highest BCUT2D eigenvalue weighted by Gasteiger charge is 2.15. The van der Waals surface area contributed by atoms with E-state index < -0.39 is 5.91 Å². The first-order valence-electron chi connectivity index (χ1n) is 14.2. The van der Waals surface area contributed by atoms with Crippen molar-refractivity contribution in [1.82, 2.24) is 9.97 Å². The molecule has 3 aromatic rings. The minimum absolute atomic E-state index is 0.0131. The van der Waals surface area contributed by atoms with Crippen molar-refractivity contribution in [3.05, 3.63) is 92.4 Å². The van der Waals surface area contributed by atoms with E-state index in [9.17, 15) is 9.70 Å². The summed E-state index contributed by atoms with van der Waals surface area (Å²) in [4.78, 5) is 33.7. The van der Waals surface area contributed by atoms with Crippen molar-refractivity contribution in [2.24, 2.45) is 11.1 Å². The summed E-state index contributed by atoms with van der Waals surface area (Å²) in [5.41, 5.74) is 7.64. The van der Waals surface area contributed by atoms with Gasteiger partial charge in [-0.3, -0.25) is 4.79 Å². The SMILES string of the molecule is C=C/C=C(SCC(=O)N=O)/C(C)=C/C(=C(\C)c1ccc2nc(-c3sc(C)nc3C)ccc2c1)C(C)CCCCCC. The molecule has 1 unspecified atom stereocenters. The highest BCUT2D eigenvalue weighted by molar-refractivity contribution is 8.03. The molecule has 1 atom stereocenters. The molecule has 0 aliphatic carbocycles. The molecule has 2 heterocycles. The Kier molecular flexibility index (Phi) is 12.4. The quantitative estimate of drug-likeness (QED) is 0.107. The van der Waals surface area contributed by atoms with Crippen LogP contribution in [0.2, 0.25) is 0 Å². The smallest absolute Gasteiger partial charge is 0.268 e. The second-order valence-electron chi connectivity index (χ2n) is 10.4.